The molecule has 0 unspecified atom stereocenters. The third kappa shape index (κ3) is 3.01. The van der Waals surface area contributed by atoms with E-state index >= 15 is 0 Å². The van der Waals surface area contributed by atoms with E-state index in [4.69, 9.17) is 0 Å². The largest absolute Gasteiger partial charge is 0.376 e. The third-order valence-corrected chi connectivity index (χ3v) is 3.17. The van der Waals surface area contributed by atoms with Gasteiger partial charge in [-0.1, -0.05) is 0 Å². The highest BCUT2D eigenvalue weighted by atomic mass is 32.1. The first kappa shape index (κ1) is 11.5. The zero-order chi connectivity index (χ0) is 12.3. The van der Waals surface area contributed by atoms with Crippen molar-refractivity contribution in [3.63, 3.8) is 0 Å². The number of Topliss-reactive ketones (excluding diaryl/α,β-unsaturated/α-hetero) is 1. The summed E-state index contributed by atoms with van der Waals surface area (Å²) < 4.78 is 0. The molecule has 2 aromatic rings. The molecule has 0 amide bonds. The summed E-state index contributed by atoms with van der Waals surface area (Å²) in [5.41, 5.74) is 0.241. The number of aromatic nitrogens is 2. The fraction of sp³-hybridized carbons (Fsp3) is 0.182. The molecule has 5 nitrogen and oxygen atoms in total. The van der Waals surface area contributed by atoms with Crippen molar-refractivity contribution in [2.24, 2.45) is 0 Å². The van der Waals surface area contributed by atoms with Gasteiger partial charge in [-0.25, -0.2) is 5.10 Å². The van der Waals surface area contributed by atoms with Gasteiger partial charge in [0.2, 0.25) is 0 Å². The van der Waals surface area contributed by atoms with E-state index in [9.17, 15) is 9.59 Å². The summed E-state index contributed by atoms with van der Waals surface area (Å²) in [6, 6.07) is 5.08. The SMILES string of the molecule is Cc1ccc(C(=O)CNc2cn[nH]c(=O)c2)s1. The van der Waals surface area contributed by atoms with Crippen LogP contribution in [0.1, 0.15) is 14.5 Å². The number of rotatable bonds is 4. The van der Waals surface area contributed by atoms with Gasteiger partial charge >= 0.3 is 0 Å². The Balaban J connectivity index is 1.99. The molecule has 0 atom stereocenters. The van der Waals surface area contributed by atoms with Crippen molar-refractivity contribution in [1.82, 2.24) is 10.2 Å². The Bertz CT molecular complexity index is 588. The predicted molar refractivity (Wildman–Crippen MR) is 66.7 cm³/mol. The third-order valence-electron chi connectivity index (χ3n) is 2.13. The molecule has 0 saturated carbocycles. The second-order valence-corrected chi connectivity index (χ2v) is 4.81. The molecular weight excluding hydrogens is 238 g/mol. The van der Waals surface area contributed by atoms with Crippen LogP contribution in [0.2, 0.25) is 0 Å². The normalized spacial score (nSPS) is 10.2. The summed E-state index contributed by atoms with van der Waals surface area (Å²) in [7, 11) is 0. The zero-order valence-corrected chi connectivity index (χ0v) is 10.0. The van der Waals surface area contributed by atoms with Gasteiger partial charge in [0.1, 0.15) is 0 Å². The average Bonchev–Trinajstić information content (AvgIpc) is 2.73. The van der Waals surface area contributed by atoms with Crippen LogP contribution in [-0.4, -0.2) is 22.5 Å². The molecule has 0 bridgehead atoms. The molecule has 2 N–H and O–H groups in total. The molecule has 2 rings (SSSR count). The summed E-state index contributed by atoms with van der Waals surface area (Å²) in [6.45, 7) is 2.11. The lowest BCUT2D eigenvalue weighted by Crippen LogP contribution is -2.15. The molecular formula is C11H11N3O2S. The van der Waals surface area contributed by atoms with E-state index in [-0.39, 0.29) is 17.9 Å². The minimum Gasteiger partial charge on any atom is -0.376 e. The summed E-state index contributed by atoms with van der Waals surface area (Å²) in [6.07, 6.45) is 1.47. The highest BCUT2D eigenvalue weighted by molar-refractivity contribution is 7.14. The van der Waals surface area contributed by atoms with Gasteiger partial charge in [0.25, 0.3) is 5.56 Å². The smallest absolute Gasteiger partial charge is 0.266 e. The number of nitrogens with zero attached hydrogens (tertiary/aromatic N) is 1. The van der Waals surface area contributed by atoms with Crippen LogP contribution in [0.15, 0.2) is 29.2 Å². The van der Waals surface area contributed by atoms with Crippen LogP contribution in [0.5, 0.6) is 0 Å². The van der Waals surface area contributed by atoms with Gasteiger partial charge in [-0.2, -0.15) is 5.10 Å². The Morgan fingerprint density at radius 3 is 3.00 bits per heavy atom. The summed E-state index contributed by atoms with van der Waals surface area (Å²) >= 11 is 1.46. The van der Waals surface area contributed by atoms with Gasteiger partial charge in [0.05, 0.1) is 23.3 Å². The maximum Gasteiger partial charge on any atom is 0.266 e. The number of carbonyl (C=O) groups is 1. The van der Waals surface area contributed by atoms with E-state index in [2.05, 4.69) is 15.5 Å². The predicted octanol–water partition coefficient (Wildman–Crippen LogP) is 1.43. The number of aryl methyl sites for hydroxylation is 1. The average molecular weight is 249 g/mol. The van der Waals surface area contributed by atoms with Gasteiger partial charge in [-0.05, 0) is 19.1 Å². The Kier molecular flexibility index (Phi) is 3.34. The Labute approximate surface area is 102 Å². The van der Waals surface area contributed by atoms with Crippen LogP contribution in [0.4, 0.5) is 5.69 Å². The highest BCUT2D eigenvalue weighted by Gasteiger charge is 2.07. The lowest BCUT2D eigenvalue weighted by atomic mass is 10.3. The Morgan fingerprint density at radius 1 is 1.53 bits per heavy atom. The number of ketones is 1. The molecule has 0 saturated heterocycles. The summed E-state index contributed by atoms with van der Waals surface area (Å²) in [5.74, 6) is 0.00313. The van der Waals surface area contributed by atoms with Crippen LogP contribution in [0, 0.1) is 6.92 Å². The molecule has 0 aliphatic rings. The molecule has 0 spiro atoms. The number of hydrogen-bond acceptors (Lipinski definition) is 5. The lowest BCUT2D eigenvalue weighted by Gasteiger charge is -2.02. The molecule has 2 heterocycles. The van der Waals surface area contributed by atoms with E-state index < -0.39 is 0 Å². The number of anilines is 1. The van der Waals surface area contributed by atoms with Gasteiger partial charge in [-0.15, -0.1) is 11.3 Å². The second kappa shape index (κ2) is 4.92. The first-order chi connectivity index (χ1) is 8.15. The number of aromatic amines is 1. The molecule has 17 heavy (non-hydrogen) atoms. The highest BCUT2D eigenvalue weighted by Crippen LogP contribution is 2.15. The van der Waals surface area contributed by atoms with Crippen LogP contribution >= 0.6 is 11.3 Å². The van der Waals surface area contributed by atoms with Crippen LogP contribution in [-0.2, 0) is 0 Å². The van der Waals surface area contributed by atoms with Crippen LogP contribution in [0.25, 0.3) is 0 Å². The van der Waals surface area contributed by atoms with Crippen molar-refractivity contribution in [3.8, 4) is 0 Å². The number of thiophene rings is 1. The summed E-state index contributed by atoms with van der Waals surface area (Å²) in [5, 5.41) is 8.76. The monoisotopic (exact) mass is 249 g/mol. The number of nitrogens with one attached hydrogen (secondary N) is 2. The molecule has 0 radical (unpaired) electrons. The van der Waals surface area contributed by atoms with Gasteiger partial charge < -0.3 is 5.32 Å². The first-order valence-electron chi connectivity index (χ1n) is 5.03. The van der Waals surface area contributed by atoms with Crippen molar-refractivity contribution in [1.29, 1.82) is 0 Å². The van der Waals surface area contributed by atoms with E-state index in [0.717, 1.165) is 4.88 Å². The molecule has 0 fully saturated rings. The number of H-pyrrole nitrogens is 1. The van der Waals surface area contributed by atoms with E-state index in [1.165, 1.54) is 23.6 Å². The maximum atomic E-state index is 11.8. The Hall–Kier alpha value is -1.95. The van der Waals surface area contributed by atoms with Gasteiger partial charge in [0, 0.05) is 10.9 Å². The van der Waals surface area contributed by atoms with Gasteiger partial charge in [0.15, 0.2) is 5.78 Å². The topological polar surface area (TPSA) is 74.8 Å². The van der Waals surface area contributed by atoms with Crippen molar-refractivity contribution in [3.05, 3.63) is 44.5 Å². The van der Waals surface area contributed by atoms with Crippen molar-refractivity contribution in [2.75, 3.05) is 11.9 Å². The van der Waals surface area contributed by atoms with Crippen LogP contribution < -0.4 is 10.9 Å². The zero-order valence-electron chi connectivity index (χ0n) is 9.19. The van der Waals surface area contributed by atoms with Crippen molar-refractivity contribution >= 4 is 22.8 Å². The lowest BCUT2D eigenvalue weighted by molar-refractivity contribution is 0.101. The number of hydrogen-bond donors (Lipinski definition) is 2. The quantitative estimate of drug-likeness (QED) is 0.804. The van der Waals surface area contributed by atoms with Gasteiger partial charge in [-0.3, -0.25) is 9.59 Å². The minimum atomic E-state index is -0.297. The standard InChI is InChI=1S/C11H11N3O2S/c1-7-2-3-10(17-7)9(15)6-12-8-4-11(16)14-13-5-8/h2-5H,6H2,1H3,(H2,12,14,16). The molecule has 0 aliphatic carbocycles. The maximum absolute atomic E-state index is 11.8. The Morgan fingerprint density at radius 2 is 2.35 bits per heavy atom. The van der Waals surface area contributed by atoms with Crippen molar-refractivity contribution in [2.45, 2.75) is 6.92 Å². The van der Waals surface area contributed by atoms with E-state index in [1.807, 2.05) is 13.0 Å². The van der Waals surface area contributed by atoms with E-state index in [0.29, 0.717) is 10.6 Å². The molecule has 2 aromatic heterocycles. The number of carbonyl (C=O) groups excluding carboxylic acids is 1. The first-order valence-corrected chi connectivity index (χ1v) is 5.85. The molecule has 0 aromatic carbocycles. The van der Waals surface area contributed by atoms with E-state index in [1.54, 1.807) is 6.07 Å². The fourth-order valence-corrected chi connectivity index (χ4v) is 2.13. The second-order valence-electron chi connectivity index (χ2n) is 3.52. The molecule has 0 aliphatic heterocycles. The molecule has 6 heteroatoms. The van der Waals surface area contributed by atoms with Crippen molar-refractivity contribution < 1.29 is 4.79 Å². The van der Waals surface area contributed by atoms with Crippen LogP contribution in [0.3, 0.4) is 0 Å². The fourth-order valence-electron chi connectivity index (χ4n) is 1.33. The minimum absolute atomic E-state index is 0.00313. The summed E-state index contributed by atoms with van der Waals surface area (Å²) in [4.78, 5) is 24.5. The molecule has 88 valence electrons.